The van der Waals surface area contributed by atoms with Gasteiger partial charge in [-0.15, -0.1) is 25.6 Å². The standard InChI is InChI=1S/C16H21F3N2O2.ClH/c1-15(10-20,12-5-6-12)21-14(22)9-4-11-2-7-13(8-3-11)23-16(17,18)19;/h2-3,7-8,12H,4-6,9-10,20H2,1H3,(H,21,22);1H. The van der Waals surface area contributed by atoms with Crippen LogP contribution < -0.4 is 15.8 Å². The summed E-state index contributed by atoms with van der Waals surface area (Å²) in [5.74, 6) is 0.0749. The number of hydrogen-bond donors (Lipinski definition) is 2. The molecule has 4 nitrogen and oxygen atoms in total. The van der Waals surface area contributed by atoms with Crippen molar-refractivity contribution in [3.05, 3.63) is 29.8 Å². The summed E-state index contributed by atoms with van der Waals surface area (Å²) in [6.45, 7) is 2.35. The van der Waals surface area contributed by atoms with Crippen LogP contribution >= 0.6 is 12.4 Å². The maximum atomic E-state index is 12.1. The van der Waals surface area contributed by atoms with E-state index in [4.69, 9.17) is 5.73 Å². The van der Waals surface area contributed by atoms with Crippen molar-refractivity contribution in [2.45, 2.75) is 44.5 Å². The van der Waals surface area contributed by atoms with Gasteiger partial charge in [0.2, 0.25) is 5.91 Å². The van der Waals surface area contributed by atoms with Crippen LogP contribution in [0, 0.1) is 5.92 Å². The van der Waals surface area contributed by atoms with Crippen molar-refractivity contribution in [1.29, 1.82) is 0 Å². The Bertz CT molecular complexity index is 547. The summed E-state index contributed by atoms with van der Waals surface area (Å²) < 4.78 is 40.0. The average molecular weight is 367 g/mol. The van der Waals surface area contributed by atoms with Gasteiger partial charge in [-0.25, -0.2) is 0 Å². The molecule has 24 heavy (non-hydrogen) atoms. The van der Waals surface area contributed by atoms with Crippen molar-refractivity contribution in [2.24, 2.45) is 11.7 Å². The molecule has 0 aliphatic heterocycles. The highest BCUT2D eigenvalue weighted by atomic mass is 35.5. The monoisotopic (exact) mass is 366 g/mol. The molecule has 0 spiro atoms. The molecule has 0 bridgehead atoms. The number of alkyl halides is 3. The van der Waals surface area contributed by atoms with Crippen LogP contribution in [-0.2, 0) is 11.2 Å². The van der Waals surface area contributed by atoms with E-state index >= 15 is 0 Å². The zero-order valence-electron chi connectivity index (χ0n) is 13.4. The normalized spacial score (nSPS) is 16.7. The van der Waals surface area contributed by atoms with E-state index in [1.165, 1.54) is 24.3 Å². The van der Waals surface area contributed by atoms with Crippen molar-refractivity contribution >= 4 is 18.3 Å². The summed E-state index contributed by atoms with van der Waals surface area (Å²) in [5, 5.41) is 2.98. The van der Waals surface area contributed by atoms with E-state index in [0.717, 1.165) is 18.4 Å². The Morgan fingerprint density at radius 1 is 1.29 bits per heavy atom. The molecule has 2 rings (SSSR count). The number of carbonyl (C=O) groups excluding carboxylic acids is 1. The van der Waals surface area contributed by atoms with Crippen LogP contribution in [0.4, 0.5) is 13.2 Å². The number of aryl methyl sites for hydroxylation is 1. The number of carbonyl (C=O) groups is 1. The SMILES string of the molecule is CC(CN)(NC(=O)CCc1ccc(OC(F)(F)F)cc1)C1CC1.Cl. The molecule has 1 aliphatic carbocycles. The molecule has 1 aliphatic rings. The van der Waals surface area contributed by atoms with Crippen molar-refractivity contribution in [1.82, 2.24) is 5.32 Å². The van der Waals surface area contributed by atoms with E-state index in [-0.39, 0.29) is 36.0 Å². The van der Waals surface area contributed by atoms with Crippen LogP contribution in [0.5, 0.6) is 5.75 Å². The molecular weight excluding hydrogens is 345 g/mol. The molecule has 1 saturated carbocycles. The van der Waals surface area contributed by atoms with Gasteiger partial charge in [-0.2, -0.15) is 0 Å². The molecule has 0 saturated heterocycles. The van der Waals surface area contributed by atoms with Crippen LogP contribution in [-0.4, -0.2) is 24.4 Å². The number of nitrogens with two attached hydrogens (primary N) is 1. The summed E-state index contributed by atoms with van der Waals surface area (Å²) >= 11 is 0. The Balaban J connectivity index is 0.00000288. The zero-order chi connectivity index (χ0) is 17.1. The van der Waals surface area contributed by atoms with E-state index in [0.29, 0.717) is 18.9 Å². The van der Waals surface area contributed by atoms with Gasteiger partial charge in [0.1, 0.15) is 5.75 Å². The highest BCUT2D eigenvalue weighted by Gasteiger charge is 2.41. The van der Waals surface area contributed by atoms with Gasteiger partial charge in [0.15, 0.2) is 0 Å². The number of amides is 1. The average Bonchev–Trinajstić information content (AvgIpc) is 3.30. The molecular formula is C16H22ClF3N2O2. The topological polar surface area (TPSA) is 64.3 Å². The minimum atomic E-state index is -4.70. The molecule has 1 amide bonds. The van der Waals surface area contributed by atoms with Crippen LogP contribution in [0.15, 0.2) is 24.3 Å². The molecule has 1 atom stereocenters. The number of hydrogen-bond acceptors (Lipinski definition) is 3. The second kappa shape index (κ2) is 8.07. The maximum Gasteiger partial charge on any atom is 0.573 e. The molecule has 1 aromatic rings. The lowest BCUT2D eigenvalue weighted by Crippen LogP contribution is -2.53. The van der Waals surface area contributed by atoms with E-state index in [9.17, 15) is 18.0 Å². The van der Waals surface area contributed by atoms with Gasteiger partial charge in [-0.1, -0.05) is 12.1 Å². The first-order chi connectivity index (χ1) is 10.7. The Hall–Kier alpha value is -1.47. The van der Waals surface area contributed by atoms with E-state index in [2.05, 4.69) is 10.1 Å². The fraction of sp³-hybridized carbons (Fsp3) is 0.562. The summed E-state index contributed by atoms with van der Waals surface area (Å²) in [6.07, 6.45) is -1.83. The smallest absolute Gasteiger partial charge is 0.406 e. The van der Waals surface area contributed by atoms with Crippen LogP contribution in [0.1, 0.15) is 31.7 Å². The third-order valence-electron chi connectivity index (χ3n) is 4.13. The van der Waals surface area contributed by atoms with Gasteiger partial charge in [0.05, 0.1) is 5.54 Å². The molecule has 3 N–H and O–H groups in total. The summed E-state index contributed by atoms with van der Waals surface area (Å²) in [4.78, 5) is 12.0. The third kappa shape index (κ3) is 6.20. The Kier molecular flexibility index (Phi) is 6.92. The lowest BCUT2D eigenvalue weighted by Gasteiger charge is -2.29. The lowest BCUT2D eigenvalue weighted by atomic mass is 9.95. The number of halogens is 4. The van der Waals surface area contributed by atoms with Crippen molar-refractivity contribution < 1.29 is 22.7 Å². The van der Waals surface area contributed by atoms with Crippen LogP contribution in [0.2, 0.25) is 0 Å². The van der Waals surface area contributed by atoms with Crippen molar-refractivity contribution in [3.63, 3.8) is 0 Å². The predicted molar refractivity (Wildman–Crippen MR) is 87.0 cm³/mol. The number of rotatable bonds is 7. The first-order valence-electron chi connectivity index (χ1n) is 7.57. The quantitative estimate of drug-likeness (QED) is 0.779. The van der Waals surface area contributed by atoms with Crippen molar-refractivity contribution in [3.8, 4) is 5.75 Å². The lowest BCUT2D eigenvalue weighted by molar-refractivity contribution is -0.274. The molecule has 0 radical (unpaired) electrons. The minimum Gasteiger partial charge on any atom is -0.406 e. The molecule has 8 heteroatoms. The van der Waals surface area contributed by atoms with Gasteiger partial charge in [-0.05, 0) is 49.8 Å². The fourth-order valence-corrected chi connectivity index (χ4v) is 2.54. The van der Waals surface area contributed by atoms with Gasteiger partial charge in [0, 0.05) is 13.0 Å². The minimum absolute atomic E-state index is 0. The Morgan fingerprint density at radius 3 is 2.33 bits per heavy atom. The largest absolute Gasteiger partial charge is 0.573 e. The number of nitrogens with one attached hydrogen (secondary N) is 1. The first kappa shape index (κ1) is 20.6. The maximum absolute atomic E-state index is 12.1. The van der Waals surface area contributed by atoms with E-state index in [1.807, 2.05) is 6.92 Å². The molecule has 1 aromatic carbocycles. The number of ether oxygens (including phenoxy) is 1. The summed E-state index contributed by atoms with van der Waals surface area (Å²) in [7, 11) is 0. The predicted octanol–water partition coefficient (Wildman–Crippen LogP) is 3.18. The number of benzene rings is 1. The van der Waals surface area contributed by atoms with Gasteiger partial charge >= 0.3 is 6.36 Å². The Labute approximate surface area is 145 Å². The molecule has 0 heterocycles. The van der Waals surface area contributed by atoms with Gasteiger partial charge < -0.3 is 15.8 Å². The van der Waals surface area contributed by atoms with Crippen LogP contribution in [0.3, 0.4) is 0 Å². The molecule has 136 valence electrons. The molecule has 0 aromatic heterocycles. The molecule has 1 fully saturated rings. The van der Waals surface area contributed by atoms with E-state index in [1.54, 1.807) is 0 Å². The van der Waals surface area contributed by atoms with E-state index < -0.39 is 6.36 Å². The third-order valence-corrected chi connectivity index (χ3v) is 4.13. The highest BCUT2D eigenvalue weighted by molar-refractivity contribution is 5.85. The second-order valence-corrected chi connectivity index (χ2v) is 6.14. The Morgan fingerprint density at radius 2 is 1.88 bits per heavy atom. The molecule has 1 unspecified atom stereocenters. The summed E-state index contributed by atoms with van der Waals surface area (Å²) in [6, 6.07) is 5.54. The summed E-state index contributed by atoms with van der Waals surface area (Å²) in [5.41, 5.74) is 6.16. The van der Waals surface area contributed by atoms with Crippen LogP contribution in [0.25, 0.3) is 0 Å². The zero-order valence-corrected chi connectivity index (χ0v) is 14.2. The van der Waals surface area contributed by atoms with Gasteiger partial charge in [0.25, 0.3) is 0 Å². The first-order valence-corrected chi connectivity index (χ1v) is 7.57. The fourth-order valence-electron chi connectivity index (χ4n) is 2.54. The highest BCUT2D eigenvalue weighted by Crippen LogP contribution is 2.39. The van der Waals surface area contributed by atoms with Crippen molar-refractivity contribution in [2.75, 3.05) is 6.54 Å². The van der Waals surface area contributed by atoms with Gasteiger partial charge in [-0.3, -0.25) is 4.79 Å². The second-order valence-electron chi connectivity index (χ2n) is 6.14.